The predicted octanol–water partition coefficient (Wildman–Crippen LogP) is -8.63. The molecule has 43 heteroatoms. The van der Waals surface area contributed by atoms with Gasteiger partial charge in [0.1, 0.15) is 72.5 Å². The van der Waals surface area contributed by atoms with Gasteiger partial charge < -0.3 is 130 Å². The minimum atomic E-state index is -1.56. The smallest absolute Gasteiger partial charge is 0.326 e. The number of guanidine groups is 1. The number of nitrogens with two attached hydrogens (primary N) is 7. The number of amides is 16. The summed E-state index contributed by atoms with van der Waals surface area (Å²) in [5.41, 5.74) is 39.0. The SMILES string of the molecule is CC(C)[C@H](NC(=O)[C@H](CCCCN)NC(=O)[C@H](CCCNC(=N)N)NC(=O)CNC(=O)[C@H](CCCCN)NC(=O)[C@H](C)NC(=O)[C@H](CCC(N)=O)NC(=O)CNC(=O)[C@@H](NC(=O)[C@@H]1CCCN1C(=O)[C@H](CCC(=O)O)NC(=O)[C@@H](N)CCCCN)C(C)C)C(=O)N[C@@H](C)C(=O)N[C@@H](C)C(=O)N[C@@H](CCC(N)=O)C(=O)O. The third-order valence-corrected chi connectivity index (χ3v) is 17.4. The van der Waals surface area contributed by atoms with Gasteiger partial charge in [-0.3, -0.25) is 86.9 Å². The van der Waals surface area contributed by atoms with E-state index in [4.69, 9.17) is 45.5 Å². The topological polar surface area (TPSA) is 725 Å². The maximum Gasteiger partial charge on any atom is 0.326 e. The first-order valence-electron chi connectivity index (χ1n) is 36.8. The van der Waals surface area contributed by atoms with E-state index in [2.05, 4.69) is 74.4 Å². The number of hydrogen-bond donors (Lipinski definition) is 24. The van der Waals surface area contributed by atoms with Crippen LogP contribution >= 0.6 is 0 Å². The van der Waals surface area contributed by atoms with Gasteiger partial charge in [0.25, 0.3) is 0 Å². The molecule has 0 aromatic rings. The number of carboxylic acid groups (broad SMARTS) is 2. The first-order chi connectivity index (χ1) is 51.7. The molecule has 1 heterocycles. The first-order valence-corrected chi connectivity index (χ1v) is 36.8. The summed E-state index contributed by atoms with van der Waals surface area (Å²) in [4.78, 5) is 239. The molecule has 110 heavy (non-hydrogen) atoms. The molecule has 0 aromatic heterocycles. The van der Waals surface area contributed by atoms with Crippen molar-refractivity contribution in [3.8, 4) is 0 Å². The van der Waals surface area contributed by atoms with E-state index in [0.29, 0.717) is 38.6 Å². The molecule has 13 atom stereocenters. The van der Waals surface area contributed by atoms with E-state index in [1.54, 1.807) is 27.7 Å². The summed E-state index contributed by atoms with van der Waals surface area (Å²) in [5.74, 6) is -18.4. The van der Waals surface area contributed by atoms with Gasteiger partial charge in [-0.25, -0.2) is 4.79 Å². The molecule has 0 radical (unpaired) electrons. The number of carbonyl (C=O) groups is 18. The van der Waals surface area contributed by atoms with Crippen LogP contribution in [-0.4, -0.2) is 252 Å². The summed E-state index contributed by atoms with van der Waals surface area (Å²) in [6, 6.07) is -17.6. The quantitative estimate of drug-likeness (QED) is 0.0153. The Balaban J connectivity index is 3.27. The van der Waals surface area contributed by atoms with Gasteiger partial charge in [-0.05, 0) is 149 Å². The van der Waals surface area contributed by atoms with Crippen molar-refractivity contribution in [3.63, 3.8) is 0 Å². The average Bonchev–Trinajstić information content (AvgIpc) is 1.62. The third-order valence-electron chi connectivity index (χ3n) is 17.4. The van der Waals surface area contributed by atoms with Crippen LogP contribution in [0.3, 0.4) is 0 Å². The second kappa shape index (κ2) is 51.8. The van der Waals surface area contributed by atoms with Gasteiger partial charge in [0.15, 0.2) is 5.96 Å². The van der Waals surface area contributed by atoms with Crippen LogP contribution in [0.15, 0.2) is 0 Å². The lowest BCUT2D eigenvalue weighted by Gasteiger charge is -2.30. The molecule has 1 fully saturated rings. The van der Waals surface area contributed by atoms with Crippen molar-refractivity contribution in [2.45, 2.75) is 249 Å². The fourth-order valence-electron chi connectivity index (χ4n) is 11.0. The normalized spacial score (nSPS) is 15.7. The van der Waals surface area contributed by atoms with Crippen LogP contribution in [0.4, 0.5) is 0 Å². The van der Waals surface area contributed by atoms with Gasteiger partial charge in [-0.1, -0.05) is 34.1 Å². The lowest BCUT2D eigenvalue weighted by Crippen LogP contribution is -2.60. The maximum absolute atomic E-state index is 14.2. The number of unbranched alkanes of at least 4 members (excludes halogenated alkanes) is 3. The molecule has 0 unspecified atom stereocenters. The Kier molecular flexibility index (Phi) is 46.0. The van der Waals surface area contributed by atoms with E-state index in [0.717, 1.165) is 0 Å². The molecule has 31 N–H and O–H groups in total. The molecule has 1 rings (SSSR count). The van der Waals surface area contributed by atoms with E-state index in [1.807, 2.05) is 0 Å². The number of carbonyl (C=O) groups excluding carboxylic acids is 16. The Bertz CT molecular complexity index is 3160. The van der Waals surface area contributed by atoms with E-state index in [1.165, 1.54) is 25.7 Å². The Labute approximate surface area is 638 Å². The van der Waals surface area contributed by atoms with Gasteiger partial charge in [0.05, 0.1) is 19.1 Å². The molecule has 1 aliphatic heterocycles. The van der Waals surface area contributed by atoms with Crippen LogP contribution in [0.2, 0.25) is 0 Å². The third kappa shape index (κ3) is 38.1. The maximum atomic E-state index is 14.2. The number of likely N-dealkylation sites (tertiary alicyclic amines) is 1. The van der Waals surface area contributed by atoms with E-state index >= 15 is 0 Å². The highest BCUT2D eigenvalue weighted by Gasteiger charge is 2.41. The number of hydrogen-bond acceptors (Lipinski definition) is 23. The van der Waals surface area contributed by atoms with E-state index in [-0.39, 0.29) is 96.8 Å². The minimum Gasteiger partial charge on any atom is -0.481 e. The molecular weight excluding hydrogens is 1450 g/mol. The fraction of sp³-hybridized carbons (Fsp3) is 0.716. The van der Waals surface area contributed by atoms with E-state index < -0.39 is 235 Å². The summed E-state index contributed by atoms with van der Waals surface area (Å²) in [5, 5.41) is 61.0. The summed E-state index contributed by atoms with van der Waals surface area (Å²) in [7, 11) is 0. The van der Waals surface area contributed by atoms with Gasteiger partial charge in [0, 0.05) is 32.4 Å². The molecule has 0 aliphatic carbocycles. The van der Waals surface area contributed by atoms with E-state index in [9.17, 15) is 96.5 Å². The number of carboxylic acids is 2. The van der Waals surface area contributed by atoms with Crippen LogP contribution in [0.25, 0.3) is 0 Å². The molecule has 1 saturated heterocycles. The van der Waals surface area contributed by atoms with Crippen LogP contribution < -0.4 is 115 Å². The molecule has 1 aliphatic rings. The molecule has 0 spiro atoms. The number of rotatable bonds is 55. The molecule has 0 bridgehead atoms. The molecule has 0 saturated carbocycles. The molecule has 0 aromatic carbocycles. The molecule has 43 nitrogen and oxygen atoms in total. The highest BCUT2D eigenvalue weighted by Crippen LogP contribution is 2.21. The second-order valence-corrected chi connectivity index (χ2v) is 27.5. The van der Waals surface area contributed by atoms with Gasteiger partial charge in [-0.15, -0.1) is 0 Å². The lowest BCUT2D eigenvalue weighted by atomic mass is 10.0. The number of aliphatic carboxylic acids is 2. The van der Waals surface area contributed by atoms with Gasteiger partial charge in [-0.2, -0.15) is 0 Å². The first kappa shape index (κ1) is 97.6. The molecule has 622 valence electrons. The Morgan fingerprint density at radius 1 is 0.409 bits per heavy atom. The monoisotopic (exact) mass is 1570 g/mol. The van der Waals surface area contributed by atoms with Crippen molar-refractivity contribution in [1.29, 1.82) is 5.41 Å². The molecular formula is C67H119N23O20. The summed E-state index contributed by atoms with van der Waals surface area (Å²) in [6.07, 6.45) is 0.620. The zero-order valence-corrected chi connectivity index (χ0v) is 63.8. The standard InChI is InChI=1S/C67H119N23O20/c1-34(2)52(89-62(105)46-20-15-31-90(46)65(108)44(23-26-51(95)96)86-57(100)39(71)16-8-11-27-68)63(106)78-33-50(94)83-43(21-24-47(72)91)59(102)80-38(7)55(98)84-40(17-9-12-28-69)58(101)77-32-49(93)82-41(19-14-30-76-67(74)75)60(103)85-42(18-10-13-29-70)61(104)88-53(35(3)4)64(107)81-36(5)54(97)79-37(6)56(99)87-45(66(109)110)22-25-48(73)92/h34-46,52-53H,8-33,68-71H2,1-7H3,(H2,72,91)(H2,73,92)(H,77,101)(H,78,106)(H,79,97)(H,80,102)(H,81,107)(H,82,93)(H,83,94)(H,84,98)(H,85,103)(H,86,100)(H,87,99)(H,88,104)(H,89,105)(H,95,96)(H,109,110)(H4,74,75,76)/t36-,37-,38-,39-,40-,41-,42-,43-,44-,45-,46-,52-,53-/m0/s1. The second-order valence-electron chi connectivity index (χ2n) is 27.5. The van der Waals surface area contributed by atoms with Crippen molar-refractivity contribution >= 4 is 112 Å². The number of nitrogens with one attached hydrogen (secondary N) is 15. The van der Waals surface area contributed by atoms with Crippen LogP contribution in [0.5, 0.6) is 0 Å². The Morgan fingerprint density at radius 2 is 0.800 bits per heavy atom. The average molecular weight is 1570 g/mol. The van der Waals surface area contributed by atoms with Crippen molar-refractivity contribution in [1.82, 2.24) is 79.3 Å². The zero-order valence-electron chi connectivity index (χ0n) is 63.8. The summed E-state index contributed by atoms with van der Waals surface area (Å²) < 4.78 is 0. The van der Waals surface area contributed by atoms with Gasteiger partial charge >= 0.3 is 11.9 Å². The minimum absolute atomic E-state index is 0.0374. The van der Waals surface area contributed by atoms with Crippen LogP contribution in [-0.2, 0) is 86.3 Å². The van der Waals surface area contributed by atoms with Crippen molar-refractivity contribution < 1.29 is 96.5 Å². The summed E-state index contributed by atoms with van der Waals surface area (Å²) >= 11 is 0. The number of primary amides is 2. The summed E-state index contributed by atoms with van der Waals surface area (Å²) in [6.45, 7) is 9.30. The highest BCUT2D eigenvalue weighted by molar-refractivity contribution is 6.00. The predicted molar refractivity (Wildman–Crippen MR) is 396 cm³/mol. The Hall–Kier alpha value is -10.4. The van der Waals surface area contributed by atoms with Crippen LogP contribution in [0, 0.1) is 17.2 Å². The fourth-order valence-corrected chi connectivity index (χ4v) is 11.0. The van der Waals surface area contributed by atoms with Crippen molar-refractivity contribution in [2.24, 2.45) is 52.0 Å². The molecule has 16 amide bonds. The van der Waals surface area contributed by atoms with Crippen LogP contribution in [0.1, 0.15) is 170 Å². The highest BCUT2D eigenvalue weighted by atomic mass is 16.4. The lowest BCUT2D eigenvalue weighted by molar-refractivity contribution is -0.143. The van der Waals surface area contributed by atoms with Crippen molar-refractivity contribution in [3.05, 3.63) is 0 Å². The number of nitrogens with zero attached hydrogens (tertiary/aromatic N) is 1. The largest absolute Gasteiger partial charge is 0.481 e. The Morgan fingerprint density at radius 3 is 1.29 bits per heavy atom. The zero-order chi connectivity index (χ0) is 83.5. The van der Waals surface area contributed by atoms with Crippen molar-refractivity contribution in [2.75, 3.05) is 45.8 Å². The van der Waals surface area contributed by atoms with Gasteiger partial charge in [0.2, 0.25) is 94.5 Å².